The molecule has 106 valence electrons. The van der Waals surface area contributed by atoms with E-state index >= 15 is 0 Å². The van der Waals surface area contributed by atoms with Gasteiger partial charge in [-0.05, 0) is 24.8 Å². The Balaban J connectivity index is 2.45. The number of rotatable bonds is 3. The molecule has 1 aromatic rings. The van der Waals surface area contributed by atoms with Crippen molar-refractivity contribution in [3.05, 3.63) is 15.8 Å². The molecule has 1 aliphatic rings. The lowest BCUT2D eigenvalue weighted by Crippen LogP contribution is -2.44. The van der Waals surface area contributed by atoms with Gasteiger partial charge < -0.3 is 9.84 Å². The molecular formula is C11H15NO5S2. The average Bonchev–Trinajstić information content (AvgIpc) is 2.72. The fourth-order valence-electron chi connectivity index (χ4n) is 2.04. The molecule has 1 fully saturated rings. The Morgan fingerprint density at radius 1 is 1.58 bits per heavy atom. The largest absolute Gasteiger partial charge is 0.477 e. The zero-order chi connectivity index (χ0) is 14.2. The molecule has 1 saturated heterocycles. The topological polar surface area (TPSA) is 83.9 Å². The lowest BCUT2D eigenvalue weighted by molar-refractivity contribution is 0.0101. The second-order valence-electron chi connectivity index (χ2n) is 4.43. The van der Waals surface area contributed by atoms with Crippen molar-refractivity contribution in [2.24, 2.45) is 0 Å². The first-order valence-electron chi connectivity index (χ1n) is 5.77. The Morgan fingerprint density at radius 2 is 2.26 bits per heavy atom. The van der Waals surface area contributed by atoms with Crippen molar-refractivity contribution in [2.45, 2.75) is 24.8 Å². The van der Waals surface area contributed by atoms with Crippen molar-refractivity contribution in [2.75, 3.05) is 19.7 Å². The van der Waals surface area contributed by atoms with Crippen LogP contribution in [-0.4, -0.2) is 49.6 Å². The Morgan fingerprint density at radius 3 is 2.84 bits per heavy atom. The third-order valence-electron chi connectivity index (χ3n) is 2.91. The lowest BCUT2D eigenvalue weighted by Gasteiger charge is -2.30. The number of nitrogens with zero attached hydrogens (tertiary/aromatic N) is 1. The maximum atomic E-state index is 12.6. The molecule has 1 N–H and O–H groups in total. The summed E-state index contributed by atoms with van der Waals surface area (Å²) >= 11 is 0.939. The van der Waals surface area contributed by atoms with Crippen LogP contribution in [0.25, 0.3) is 0 Å². The number of hydrogen-bond acceptors (Lipinski definition) is 5. The van der Waals surface area contributed by atoms with Gasteiger partial charge in [-0.25, -0.2) is 13.2 Å². The monoisotopic (exact) mass is 305 g/mol. The van der Waals surface area contributed by atoms with Crippen molar-refractivity contribution in [3.8, 4) is 0 Å². The first-order chi connectivity index (χ1) is 8.84. The number of carbonyl (C=O) groups is 1. The number of sulfonamides is 1. The van der Waals surface area contributed by atoms with Crippen molar-refractivity contribution in [1.29, 1.82) is 0 Å². The van der Waals surface area contributed by atoms with Gasteiger partial charge in [0.25, 0.3) is 0 Å². The van der Waals surface area contributed by atoms with E-state index in [0.717, 1.165) is 11.3 Å². The quantitative estimate of drug-likeness (QED) is 0.906. The summed E-state index contributed by atoms with van der Waals surface area (Å²) in [4.78, 5) is 10.9. The number of carboxylic acid groups (broad SMARTS) is 1. The molecule has 1 aromatic heterocycles. The minimum absolute atomic E-state index is 0.0842. The van der Waals surface area contributed by atoms with Crippen LogP contribution in [0.5, 0.6) is 0 Å². The first kappa shape index (κ1) is 14.4. The second-order valence-corrected chi connectivity index (χ2v) is 7.18. The maximum Gasteiger partial charge on any atom is 0.347 e. The minimum atomic E-state index is -3.78. The summed E-state index contributed by atoms with van der Waals surface area (Å²) in [6, 6.07) is 0. The molecule has 1 unspecified atom stereocenters. The number of aromatic carboxylic acids is 1. The molecule has 1 aliphatic heterocycles. The number of carboxylic acids is 1. The van der Waals surface area contributed by atoms with Gasteiger partial charge in [0, 0.05) is 13.1 Å². The smallest absolute Gasteiger partial charge is 0.347 e. The third-order valence-corrected chi connectivity index (χ3v) is 6.18. The molecule has 2 rings (SSSR count). The minimum Gasteiger partial charge on any atom is -0.477 e. The Labute approximate surface area is 115 Å². The van der Waals surface area contributed by atoms with E-state index in [1.807, 2.05) is 0 Å². The highest BCUT2D eigenvalue weighted by Crippen LogP contribution is 2.30. The van der Waals surface area contributed by atoms with Crippen LogP contribution in [0, 0.1) is 6.92 Å². The summed E-state index contributed by atoms with van der Waals surface area (Å²) in [5.74, 6) is -1.21. The standard InChI is InChI=1S/C11H15NO5S2/c1-7-6-18-9(11(13)14)10(7)19(15,16)12-3-4-17-8(2)5-12/h6,8H,3-5H2,1-2H3,(H,13,14). The fourth-order valence-corrected chi connectivity index (χ4v) is 5.12. The van der Waals surface area contributed by atoms with E-state index in [1.165, 1.54) is 4.31 Å². The SMILES string of the molecule is Cc1csc(C(=O)O)c1S(=O)(=O)N1CCOC(C)C1. The van der Waals surface area contributed by atoms with Crippen molar-refractivity contribution in [1.82, 2.24) is 4.31 Å². The molecule has 0 aromatic carbocycles. The van der Waals surface area contributed by atoms with Crippen LogP contribution >= 0.6 is 11.3 Å². The molecule has 1 atom stereocenters. The van der Waals surface area contributed by atoms with Crippen LogP contribution < -0.4 is 0 Å². The first-order valence-corrected chi connectivity index (χ1v) is 8.09. The predicted molar refractivity (Wildman–Crippen MR) is 70.2 cm³/mol. The molecule has 8 heteroatoms. The number of aryl methyl sites for hydroxylation is 1. The summed E-state index contributed by atoms with van der Waals surface area (Å²) < 4.78 is 31.7. The molecule has 0 bridgehead atoms. The van der Waals surface area contributed by atoms with Crippen LogP contribution in [0.15, 0.2) is 10.3 Å². The van der Waals surface area contributed by atoms with E-state index in [-0.39, 0.29) is 29.0 Å². The van der Waals surface area contributed by atoms with Gasteiger partial charge in [-0.2, -0.15) is 4.31 Å². The molecular weight excluding hydrogens is 290 g/mol. The van der Waals surface area contributed by atoms with Crippen LogP contribution in [0.1, 0.15) is 22.2 Å². The molecule has 0 spiro atoms. The third kappa shape index (κ3) is 2.66. The van der Waals surface area contributed by atoms with Crippen molar-refractivity contribution in [3.63, 3.8) is 0 Å². The summed E-state index contributed by atoms with van der Waals surface area (Å²) in [5, 5.41) is 10.7. The Hall–Kier alpha value is -0.960. The second kappa shape index (κ2) is 5.20. The van der Waals surface area contributed by atoms with Crippen LogP contribution in [0.2, 0.25) is 0 Å². The fraction of sp³-hybridized carbons (Fsp3) is 0.545. The van der Waals surface area contributed by atoms with Crippen LogP contribution in [-0.2, 0) is 14.8 Å². The molecule has 0 radical (unpaired) electrons. The average molecular weight is 305 g/mol. The van der Waals surface area contributed by atoms with Gasteiger partial charge in [0.15, 0.2) is 0 Å². The normalized spacial score (nSPS) is 21.5. The summed E-state index contributed by atoms with van der Waals surface area (Å²) in [7, 11) is -3.78. The van der Waals surface area contributed by atoms with Gasteiger partial charge in [0.05, 0.1) is 12.7 Å². The molecule has 0 saturated carbocycles. The van der Waals surface area contributed by atoms with Crippen LogP contribution in [0.3, 0.4) is 0 Å². The number of morpholine rings is 1. The van der Waals surface area contributed by atoms with E-state index < -0.39 is 16.0 Å². The summed E-state index contributed by atoms with van der Waals surface area (Å²) in [6.07, 6.45) is -0.184. The van der Waals surface area contributed by atoms with Gasteiger partial charge in [0.2, 0.25) is 10.0 Å². The number of ether oxygens (including phenoxy) is 1. The predicted octanol–water partition coefficient (Wildman–Crippen LogP) is 1.16. The van der Waals surface area contributed by atoms with Crippen molar-refractivity contribution >= 4 is 27.3 Å². The molecule has 2 heterocycles. The molecule has 6 nitrogen and oxygen atoms in total. The van der Waals surface area contributed by atoms with E-state index in [9.17, 15) is 13.2 Å². The van der Waals surface area contributed by atoms with Gasteiger partial charge in [0.1, 0.15) is 9.77 Å². The van der Waals surface area contributed by atoms with Gasteiger partial charge in [-0.15, -0.1) is 11.3 Å². The zero-order valence-electron chi connectivity index (χ0n) is 10.6. The summed E-state index contributed by atoms with van der Waals surface area (Å²) in [6.45, 7) is 4.23. The van der Waals surface area contributed by atoms with E-state index in [2.05, 4.69) is 0 Å². The number of thiophene rings is 1. The highest BCUT2D eigenvalue weighted by Gasteiger charge is 2.34. The van der Waals surface area contributed by atoms with Gasteiger partial charge >= 0.3 is 5.97 Å². The van der Waals surface area contributed by atoms with Gasteiger partial charge in [-0.3, -0.25) is 0 Å². The molecule has 19 heavy (non-hydrogen) atoms. The maximum absolute atomic E-state index is 12.6. The molecule has 0 aliphatic carbocycles. The Kier molecular flexibility index (Phi) is 3.95. The van der Waals surface area contributed by atoms with E-state index in [1.54, 1.807) is 19.2 Å². The van der Waals surface area contributed by atoms with Crippen molar-refractivity contribution < 1.29 is 23.1 Å². The molecule has 0 amide bonds. The highest BCUT2D eigenvalue weighted by atomic mass is 32.2. The van der Waals surface area contributed by atoms with Gasteiger partial charge in [-0.1, -0.05) is 0 Å². The highest BCUT2D eigenvalue weighted by molar-refractivity contribution is 7.89. The zero-order valence-corrected chi connectivity index (χ0v) is 12.3. The van der Waals surface area contributed by atoms with E-state index in [0.29, 0.717) is 12.2 Å². The Bertz CT molecular complexity index is 592. The van der Waals surface area contributed by atoms with Crippen LogP contribution in [0.4, 0.5) is 0 Å². The summed E-state index contributed by atoms with van der Waals surface area (Å²) in [5.41, 5.74) is 0.474. The number of hydrogen-bond donors (Lipinski definition) is 1. The lowest BCUT2D eigenvalue weighted by atomic mass is 10.3. The van der Waals surface area contributed by atoms with E-state index in [4.69, 9.17) is 9.84 Å².